The molecule has 124 valence electrons. The number of rotatable bonds is 7. The molecule has 6 heteroatoms. The predicted molar refractivity (Wildman–Crippen MR) is 78.4 cm³/mol. The molecule has 1 rings (SSSR count). The van der Waals surface area contributed by atoms with E-state index in [1.54, 1.807) is 6.92 Å². The molecule has 0 aromatic heterocycles. The molecule has 0 saturated carbocycles. The number of aliphatic hydroxyl groups is 1. The zero-order valence-corrected chi connectivity index (χ0v) is 12.8. The Labute approximate surface area is 128 Å². The van der Waals surface area contributed by atoms with Crippen LogP contribution in [0, 0.1) is 0 Å². The van der Waals surface area contributed by atoms with E-state index in [9.17, 15) is 23.1 Å². The van der Waals surface area contributed by atoms with Gasteiger partial charge in [0.05, 0.1) is 11.7 Å². The Balaban J connectivity index is 2.62. The van der Waals surface area contributed by atoms with Gasteiger partial charge in [0.2, 0.25) is 5.91 Å². The second-order valence-electron chi connectivity index (χ2n) is 5.39. The molecule has 0 aliphatic rings. The summed E-state index contributed by atoms with van der Waals surface area (Å²) >= 11 is 0. The van der Waals surface area contributed by atoms with E-state index in [1.165, 1.54) is 18.2 Å². The fourth-order valence-corrected chi connectivity index (χ4v) is 2.23. The monoisotopic (exact) mass is 317 g/mol. The number of aliphatic hydroxyl groups excluding tert-OH is 1. The van der Waals surface area contributed by atoms with Crippen molar-refractivity contribution in [3.05, 3.63) is 35.4 Å². The lowest BCUT2D eigenvalue weighted by molar-refractivity contribution is -0.138. The lowest BCUT2D eigenvalue weighted by Gasteiger charge is -2.18. The fraction of sp³-hybridized carbons (Fsp3) is 0.562. The van der Waals surface area contributed by atoms with Gasteiger partial charge in [0.1, 0.15) is 0 Å². The molecule has 0 bridgehead atoms. The van der Waals surface area contributed by atoms with Gasteiger partial charge in [0.15, 0.2) is 0 Å². The van der Waals surface area contributed by atoms with Crippen LogP contribution in [-0.2, 0) is 11.0 Å². The molecule has 2 atom stereocenters. The van der Waals surface area contributed by atoms with E-state index in [-0.39, 0.29) is 17.9 Å². The Morgan fingerprint density at radius 3 is 2.55 bits per heavy atom. The van der Waals surface area contributed by atoms with E-state index >= 15 is 0 Å². The quantitative estimate of drug-likeness (QED) is 0.809. The third kappa shape index (κ3) is 5.67. The van der Waals surface area contributed by atoms with Crippen molar-refractivity contribution >= 4 is 5.91 Å². The topological polar surface area (TPSA) is 49.3 Å². The third-order valence-corrected chi connectivity index (χ3v) is 3.56. The van der Waals surface area contributed by atoms with E-state index in [0.717, 1.165) is 6.07 Å². The molecule has 1 aromatic rings. The van der Waals surface area contributed by atoms with Gasteiger partial charge in [-0.3, -0.25) is 4.79 Å². The predicted octanol–water partition coefficient (Wildman–Crippen LogP) is 3.48. The van der Waals surface area contributed by atoms with Crippen molar-refractivity contribution in [2.24, 2.45) is 0 Å². The summed E-state index contributed by atoms with van der Waals surface area (Å²) in [6.45, 7) is 3.76. The van der Waals surface area contributed by atoms with Crippen molar-refractivity contribution in [1.82, 2.24) is 5.32 Å². The largest absolute Gasteiger partial charge is 0.416 e. The van der Waals surface area contributed by atoms with Gasteiger partial charge in [-0.1, -0.05) is 32.0 Å². The highest BCUT2D eigenvalue weighted by molar-refractivity contribution is 5.76. The Bertz CT molecular complexity index is 489. The summed E-state index contributed by atoms with van der Waals surface area (Å²) in [5.74, 6) is -0.846. The first kappa shape index (κ1) is 18.5. The summed E-state index contributed by atoms with van der Waals surface area (Å²) in [5, 5.41) is 12.0. The van der Waals surface area contributed by atoms with Gasteiger partial charge in [-0.05, 0) is 30.4 Å². The van der Waals surface area contributed by atoms with Crippen LogP contribution in [0.25, 0.3) is 0 Å². The number of carbonyl (C=O) groups is 1. The Kier molecular flexibility index (Phi) is 6.87. The molecule has 0 radical (unpaired) electrons. The average Bonchev–Trinajstić information content (AvgIpc) is 2.46. The molecule has 22 heavy (non-hydrogen) atoms. The van der Waals surface area contributed by atoms with Crippen molar-refractivity contribution in [1.29, 1.82) is 0 Å². The highest BCUT2D eigenvalue weighted by atomic mass is 19.4. The Hall–Kier alpha value is -1.56. The smallest absolute Gasteiger partial charge is 0.393 e. The van der Waals surface area contributed by atoms with E-state index in [4.69, 9.17) is 0 Å². The van der Waals surface area contributed by atoms with E-state index in [2.05, 4.69) is 5.32 Å². The van der Waals surface area contributed by atoms with Crippen LogP contribution < -0.4 is 5.32 Å². The minimum atomic E-state index is -4.42. The molecule has 2 unspecified atom stereocenters. The average molecular weight is 317 g/mol. The van der Waals surface area contributed by atoms with Crippen LogP contribution in [0.5, 0.6) is 0 Å². The standard InChI is InChI=1S/C16H22F3NO2/c1-3-12(21)8-9-20-15(22)10-11(2)13-6-4-5-7-14(13)16(17,18)19/h4-7,11-12,21H,3,8-10H2,1-2H3,(H,20,22). The second-order valence-corrected chi connectivity index (χ2v) is 5.39. The Morgan fingerprint density at radius 1 is 1.32 bits per heavy atom. The van der Waals surface area contributed by atoms with Crippen molar-refractivity contribution in [3.63, 3.8) is 0 Å². The first-order valence-corrected chi connectivity index (χ1v) is 7.36. The molecule has 3 nitrogen and oxygen atoms in total. The minimum Gasteiger partial charge on any atom is -0.393 e. The molecule has 0 aliphatic heterocycles. The van der Waals surface area contributed by atoms with Gasteiger partial charge in [0.25, 0.3) is 0 Å². The number of hydrogen-bond donors (Lipinski definition) is 2. The maximum atomic E-state index is 12.9. The van der Waals surface area contributed by atoms with Crippen LogP contribution in [0.2, 0.25) is 0 Å². The van der Waals surface area contributed by atoms with Gasteiger partial charge in [-0.2, -0.15) is 13.2 Å². The van der Waals surface area contributed by atoms with Gasteiger partial charge >= 0.3 is 6.18 Å². The maximum Gasteiger partial charge on any atom is 0.416 e. The second kappa shape index (κ2) is 8.17. The lowest BCUT2D eigenvalue weighted by Crippen LogP contribution is -2.28. The molecule has 1 amide bonds. The van der Waals surface area contributed by atoms with E-state index in [0.29, 0.717) is 19.4 Å². The normalized spacial score (nSPS) is 14.5. The van der Waals surface area contributed by atoms with Crippen LogP contribution in [-0.4, -0.2) is 23.7 Å². The van der Waals surface area contributed by atoms with Crippen LogP contribution in [0.15, 0.2) is 24.3 Å². The fourth-order valence-electron chi connectivity index (χ4n) is 2.23. The SMILES string of the molecule is CCC(O)CCNC(=O)CC(C)c1ccccc1C(F)(F)F. The molecule has 0 saturated heterocycles. The minimum absolute atomic E-state index is 0.0185. The maximum absolute atomic E-state index is 12.9. The molecular weight excluding hydrogens is 295 g/mol. The van der Waals surface area contributed by atoms with E-state index < -0.39 is 23.8 Å². The van der Waals surface area contributed by atoms with Crippen molar-refractivity contribution in [2.75, 3.05) is 6.54 Å². The molecule has 2 N–H and O–H groups in total. The van der Waals surface area contributed by atoms with Gasteiger partial charge < -0.3 is 10.4 Å². The van der Waals surface area contributed by atoms with Crippen molar-refractivity contribution < 1.29 is 23.1 Å². The van der Waals surface area contributed by atoms with E-state index in [1.807, 2.05) is 6.92 Å². The molecular formula is C16H22F3NO2. The number of nitrogens with one attached hydrogen (secondary N) is 1. The van der Waals surface area contributed by atoms with Gasteiger partial charge in [-0.25, -0.2) is 0 Å². The number of alkyl halides is 3. The molecule has 0 fully saturated rings. The number of halogens is 3. The van der Waals surface area contributed by atoms with Crippen LogP contribution in [0.4, 0.5) is 13.2 Å². The summed E-state index contributed by atoms with van der Waals surface area (Å²) in [6.07, 6.45) is -3.87. The van der Waals surface area contributed by atoms with Crippen LogP contribution in [0.1, 0.15) is 50.2 Å². The molecule has 0 aliphatic carbocycles. The Morgan fingerprint density at radius 2 is 1.95 bits per heavy atom. The molecule has 0 spiro atoms. The summed E-state index contributed by atoms with van der Waals surface area (Å²) in [7, 11) is 0. The lowest BCUT2D eigenvalue weighted by atomic mass is 9.92. The van der Waals surface area contributed by atoms with Crippen LogP contribution in [0.3, 0.4) is 0 Å². The molecule has 0 heterocycles. The highest BCUT2D eigenvalue weighted by Gasteiger charge is 2.34. The zero-order valence-electron chi connectivity index (χ0n) is 12.8. The summed E-state index contributed by atoms with van der Waals surface area (Å²) in [6, 6.07) is 5.31. The van der Waals surface area contributed by atoms with Gasteiger partial charge in [0, 0.05) is 13.0 Å². The number of amides is 1. The third-order valence-electron chi connectivity index (χ3n) is 3.56. The number of benzene rings is 1. The number of hydrogen-bond acceptors (Lipinski definition) is 2. The summed E-state index contributed by atoms with van der Waals surface area (Å²) in [5.41, 5.74) is -0.574. The first-order chi connectivity index (χ1) is 10.3. The summed E-state index contributed by atoms with van der Waals surface area (Å²) < 4.78 is 38.8. The van der Waals surface area contributed by atoms with Crippen molar-refractivity contribution in [3.8, 4) is 0 Å². The van der Waals surface area contributed by atoms with Crippen LogP contribution >= 0.6 is 0 Å². The summed E-state index contributed by atoms with van der Waals surface area (Å²) in [4.78, 5) is 11.8. The van der Waals surface area contributed by atoms with Crippen molar-refractivity contribution in [2.45, 2.75) is 51.3 Å². The van der Waals surface area contributed by atoms with Gasteiger partial charge in [-0.15, -0.1) is 0 Å². The first-order valence-electron chi connectivity index (χ1n) is 7.36. The molecule has 1 aromatic carbocycles. The zero-order chi connectivity index (χ0) is 16.8. The number of carbonyl (C=O) groups excluding carboxylic acids is 1. The highest BCUT2D eigenvalue weighted by Crippen LogP contribution is 2.35.